The normalized spacial score (nSPS) is 16.1. The van der Waals surface area contributed by atoms with Crippen LogP contribution in [-0.4, -0.2) is 47.9 Å². The Morgan fingerprint density at radius 1 is 1.67 bits per heavy atom. The second-order valence-electron chi connectivity index (χ2n) is 3.17. The first-order valence-electron chi connectivity index (χ1n) is 3.70. The largest absolute Gasteiger partial charge is 0.480 e. The van der Waals surface area contributed by atoms with Crippen LogP contribution in [0.4, 0.5) is 0 Å². The predicted octanol–water partition coefficient (Wildman–Crippen LogP) is -0.350. The fraction of sp³-hybridized carbons (Fsp3) is 0.857. The monoisotopic (exact) mass is 192 g/mol. The Kier molecular flexibility index (Phi) is 4.59. The Morgan fingerprint density at radius 3 is 2.42 bits per heavy atom. The Bertz CT molecular complexity index is 163. The number of nitrogens with two attached hydrogens (primary N) is 1. The Labute approximate surface area is 78.1 Å². The van der Waals surface area contributed by atoms with Crippen LogP contribution in [0.5, 0.6) is 0 Å². The molecule has 0 radical (unpaired) electrons. The van der Waals surface area contributed by atoms with Gasteiger partial charge in [0.05, 0.1) is 0 Å². The smallest absolute Gasteiger partial charge is 0.324 e. The summed E-state index contributed by atoms with van der Waals surface area (Å²) in [5.74, 6) is -0.824. The van der Waals surface area contributed by atoms with Crippen molar-refractivity contribution in [2.75, 3.05) is 26.4 Å². The first-order chi connectivity index (χ1) is 5.42. The summed E-state index contributed by atoms with van der Waals surface area (Å²) in [5.41, 5.74) is 4.40. The van der Waals surface area contributed by atoms with Crippen molar-refractivity contribution in [3.8, 4) is 0 Å². The zero-order valence-corrected chi connectivity index (χ0v) is 8.34. The number of carbonyl (C=O) groups is 1. The summed E-state index contributed by atoms with van der Waals surface area (Å²) in [4.78, 5) is 12.6. The molecular formula is C7H16N2O2S. The molecule has 0 amide bonds. The molecule has 0 aliphatic rings. The number of nitrogens with zero attached hydrogens (tertiary/aromatic N) is 1. The molecule has 0 fully saturated rings. The van der Waals surface area contributed by atoms with Crippen LogP contribution in [0.15, 0.2) is 0 Å². The molecule has 0 rings (SSSR count). The van der Waals surface area contributed by atoms with Crippen LogP contribution < -0.4 is 5.73 Å². The topological polar surface area (TPSA) is 66.6 Å². The lowest BCUT2D eigenvalue weighted by Gasteiger charge is -2.23. The zero-order chi connectivity index (χ0) is 9.78. The predicted molar refractivity (Wildman–Crippen MR) is 51.6 cm³/mol. The first-order valence-corrected chi connectivity index (χ1v) is 4.33. The lowest BCUT2D eigenvalue weighted by molar-refractivity contribution is -0.142. The maximum Gasteiger partial charge on any atom is 0.324 e. The van der Waals surface area contributed by atoms with Crippen molar-refractivity contribution in [1.29, 1.82) is 0 Å². The molecule has 0 saturated heterocycles. The van der Waals surface area contributed by atoms with Gasteiger partial charge >= 0.3 is 5.97 Å². The summed E-state index contributed by atoms with van der Waals surface area (Å²) >= 11 is 3.92. The number of rotatable bonds is 5. The van der Waals surface area contributed by atoms with Crippen LogP contribution in [0.25, 0.3) is 0 Å². The molecule has 0 heterocycles. The molecule has 0 aliphatic heterocycles. The van der Waals surface area contributed by atoms with E-state index in [2.05, 4.69) is 12.6 Å². The van der Waals surface area contributed by atoms with Crippen molar-refractivity contribution in [3.05, 3.63) is 0 Å². The van der Waals surface area contributed by atoms with Gasteiger partial charge in [0.1, 0.15) is 5.54 Å². The van der Waals surface area contributed by atoms with Crippen LogP contribution in [0.3, 0.4) is 0 Å². The van der Waals surface area contributed by atoms with Crippen LogP contribution in [0.2, 0.25) is 0 Å². The van der Waals surface area contributed by atoms with Gasteiger partial charge in [-0.25, -0.2) is 0 Å². The number of aliphatic carboxylic acids is 1. The third-order valence-electron chi connectivity index (χ3n) is 1.71. The maximum absolute atomic E-state index is 10.7. The third kappa shape index (κ3) is 3.42. The number of carboxylic acid groups (broad SMARTS) is 1. The van der Waals surface area contributed by atoms with Gasteiger partial charge in [-0.2, -0.15) is 12.6 Å². The van der Waals surface area contributed by atoms with Crippen molar-refractivity contribution < 1.29 is 9.90 Å². The molecule has 0 aliphatic carbocycles. The van der Waals surface area contributed by atoms with Crippen LogP contribution in [0, 0.1) is 0 Å². The Balaban J connectivity index is 4.06. The van der Waals surface area contributed by atoms with E-state index in [9.17, 15) is 4.79 Å². The SMILES string of the molecule is CN(C)CCC(N)(CS)C(=O)O. The molecule has 0 spiro atoms. The lowest BCUT2D eigenvalue weighted by Crippen LogP contribution is -2.51. The average Bonchev–Trinajstić information content (AvgIpc) is 1.99. The van der Waals surface area contributed by atoms with E-state index in [0.717, 1.165) is 0 Å². The van der Waals surface area contributed by atoms with Gasteiger partial charge in [0.15, 0.2) is 0 Å². The standard InChI is InChI=1S/C7H16N2O2S/c1-9(2)4-3-7(8,5-12)6(10)11/h12H,3-5,8H2,1-2H3,(H,10,11). The van der Waals surface area contributed by atoms with Crippen LogP contribution >= 0.6 is 12.6 Å². The molecule has 0 aromatic heterocycles. The second-order valence-corrected chi connectivity index (χ2v) is 3.49. The number of hydrogen-bond acceptors (Lipinski definition) is 4. The van der Waals surface area contributed by atoms with E-state index in [1.54, 1.807) is 0 Å². The van der Waals surface area contributed by atoms with E-state index in [0.29, 0.717) is 13.0 Å². The molecule has 5 heteroatoms. The van der Waals surface area contributed by atoms with Gasteiger partial charge in [-0.05, 0) is 27.1 Å². The fourth-order valence-electron chi connectivity index (χ4n) is 0.677. The highest BCUT2D eigenvalue weighted by molar-refractivity contribution is 7.80. The molecule has 1 unspecified atom stereocenters. The van der Waals surface area contributed by atoms with Gasteiger partial charge in [-0.3, -0.25) is 4.79 Å². The Hall–Kier alpha value is -0.260. The molecule has 1 atom stereocenters. The molecule has 3 N–H and O–H groups in total. The second kappa shape index (κ2) is 4.69. The van der Waals surface area contributed by atoms with E-state index in [-0.39, 0.29) is 5.75 Å². The molecule has 0 saturated carbocycles. The number of thiol groups is 1. The maximum atomic E-state index is 10.7. The van der Waals surface area contributed by atoms with Gasteiger partial charge < -0.3 is 15.7 Å². The summed E-state index contributed by atoms with van der Waals surface area (Å²) in [6, 6.07) is 0. The van der Waals surface area contributed by atoms with Crippen molar-refractivity contribution in [3.63, 3.8) is 0 Å². The van der Waals surface area contributed by atoms with E-state index >= 15 is 0 Å². The lowest BCUT2D eigenvalue weighted by atomic mass is 9.99. The minimum absolute atomic E-state index is 0.163. The third-order valence-corrected chi connectivity index (χ3v) is 2.28. The number of carboxylic acids is 1. The molecule has 0 aromatic carbocycles. The average molecular weight is 192 g/mol. The highest BCUT2D eigenvalue weighted by atomic mass is 32.1. The van der Waals surface area contributed by atoms with E-state index in [4.69, 9.17) is 10.8 Å². The first kappa shape index (κ1) is 11.7. The van der Waals surface area contributed by atoms with Crippen molar-refractivity contribution in [1.82, 2.24) is 4.90 Å². The summed E-state index contributed by atoms with van der Waals surface area (Å²) in [5, 5.41) is 8.75. The Morgan fingerprint density at radius 2 is 2.17 bits per heavy atom. The fourth-order valence-corrected chi connectivity index (χ4v) is 0.970. The highest BCUT2D eigenvalue weighted by Gasteiger charge is 2.31. The van der Waals surface area contributed by atoms with Crippen molar-refractivity contribution in [2.24, 2.45) is 5.73 Å². The van der Waals surface area contributed by atoms with E-state index in [1.807, 2.05) is 19.0 Å². The van der Waals surface area contributed by atoms with Gasteiger partial charge in [0.2, 0.25) is 0 Å². The van der Waals surface area contributed by atoms with Crippen molar-refractivity contribution >= 4 is 18.6 Å². The van der Waals surface area contributed by atoms with E-state index in [1.165, 1.54) is 0 Å². The van der Waals surface area contributed by atoms with E-state index < -0.39 is 11.5 Å². The quantitative estimate of drug-likeness (QED) is 0.521. The molecule has 0 aromatic rings. The summed E-state index contributed by atoms with van der Waals surface area (Å²) < 4.78 is 0. The molecule has 0 bridgehead atoms. The van der Waals surface area contributed by atoms with Crippen LogP contribution in [-0.2, 0) is 4.79 Å². The zero-order valence-electron chi connectivity index (χ0n) is 7.45. The molecule has 72 valence electrons. The summed E-state index contributed by atoms with van der Waals surface area (Å²) in [6.07, 6.45) is 0.416. The van der Waals surface area contributed by atoms with Gasteiger partial charge in [-0.1, -0.05) is 0 Å². The number of hydrogen-bond donors (Lipinski definition) is 3. The molecule has 4 nitrogen and oxygen atoms in total. The molecule has 12 heavy (non-hydrogen) atoms. The van der Waals surface area contributed by atoms with Crippen molar-refractivity contribution in [2.45, 2.75) is 12.0 Å². The highest BCUT2D eigenvalue weighted by Crippen LogP contribution is 2.09. The van der Waals surface area contributed by atoms with Gasteiger partial charge in [0, 0.05) is 5.75 Å². The summed E-state index contributed by atoms with van der Waals surface area (Å²) in [6.45, 7) is 0.656. The molecular weight excluding hydrogens is 176 g/mol. The van der Waals surface area contributed by atoms with Crippen LogP contribution in [0.1, 0.15) is 6.42 Å². The summed E-state index contributed by atoms with van der Waals surface area (Å²) in [7, 11) is 3.75. The van der Waals surface area contributed by atoms with Gasteiger partial charge in [0.25, 0.3) is 0 Å². The minimum atomic E-state index is -1.19. The minimum Gasteiger partial charge on any atom is -0.480 e. The van der Waals surface area contributed by atoms with Gasteiger partial charge in [-0.15, -0.1) is 0 Å².